The van der Waals surface area contributed by atoms with Crippen LogP contribution in [0, 0.1) is 6.92 Å². The lowest BCUT2D eigenvalue weighted by molar-refractivity contribution is -0.138. The van der Waals surface area contributed by atoms with Crippen LogP contribution in [0.25, 0.3) is 0 Å². The minimum Gasteiger partial charge on any atom is -0.481 e. The molecule has 0 aliphatic heterocycles. The number of carboxylic acid groups (broad SMARTS) is 1. The summed E-state index contributed by atoms with van der Waals surface area (Å²) in [5, 5.41) is 8.78. The van der Waals surface area contributed by atoms with Crippen molar-refractivity contribution in [1.82, 2.24) is 4.90 Å². The van der Waals surface area contributed by atoms with Crippen molar-refractivity contribution in [3.05, 3.63) is 29.8 Å². The molecule has 0 unspecified atom stereocenters. The Hall–Kier alpha value is -1.89. The van der Waals surface area contributed by atoms with E-state index in [1.165, 1.54) is 24.1 Å². The van der Waals surface area contributed by atoms with E-state index in [2.05, 4.69) is 0 Å². The van der Waals surface area contributed by atoms with Crippen LogP contribution >= 0.6 is 0 Å². The molecular formula is C17H23NO5S. The van der Waals surface area contributed by atoms with Crippen molar-refractivity contribution in [2.45, 2.75) is 48.7 Å². The summed E-state index contributed by atoms with van der Waals surface area (Å²) in [7, 11) is -2.37. The lowest BCUT2D eigenvalue weighted by atomic mass is 10.1. The zero-order valence-corrected chi connectivity index (χ0v) is 14.8. The molecular weight excluding hydrogens is 330 g/mol. The van der Waals surface area contributed by atoms with Crippen molar-refractivity contribution in [2.75, 3.05) is 13.6 Å². The average Bonchev–Trinajstić information content (AvgIpc) is 3.03. The minimum atomic E-state index is -3.84. The first-order chi connectivity index (χ1) is 11.2. The van der Waals surface area contributed by atoms with Crippen LogP contribution in [0.4, 0.5) is 0 Å². The molecule has 1 amide bonds. The van der Waals surface area contributed by atoms with Gasteiger partial charge in [-0.1, -0.05) is 30.5 Å². The fourth-order valence-corrected chi connectivity index (χ4v) is 5.36. The van der Waals surface area contributed by atoms with E-state index in [4.69, 9.17) is 5.11 Å². The summed E-state index contributed by atoms with van der Waals surface area (Å²) in [6.45, 7) is 1.87. The summed E-state index contributed by atoms with van der Waals surface area (Å²) in [5.41, 5.74) is 0.944. The Morgan fingerprint density at radius 1 is 1.17 bits per heavy atom. The van der Waals surface area contributed by atoms with Gasteiger partial charge in [0.15, 0.2) is 14.6 Å². The zero-order chi connectivity index (χ0) is 18.0. The normalized spacial score (nSPS) is 16.8. The molecule has 0 bridgehead atoms. The van der Waals surface area contributed by atoms with Gasteiger partial charge in [0.2, 0.25) is 5.91 Å². The van der Waals surface area contributed by atoms with Gasteiger partial charge in [0.05, 0.1) is 11.3 Å². The molecule has 0 heterocycles. The standard InChI is InChI=1S/C17H23NO5S/c1-13-5-7-14(8-6-13)24(22,23)17(10-3-4-11-17)16(21)18(2)12-9-15(19)20/h5-8H,3-4,9-12H2,1-2H3,(H,19,20). The van der Waals surface area contributed by atoms with Gasteiger partial charge in [-0.05, 0) is 31.9 Å². The third-order valence-corrected chi connectivity index (χ3v) is 7.16. The van der Waals surface area contributed by atoms with E-state index in [-0.39, 0.29) is 30.7 Å². The Labute approximate surface area is 142 Å². The number of nitrogens with zero attached hydrogens (tertiary/aromatic N) is 1. The van der Waals surface area contributed by atoms with Crippen LogP contribution in [-0.4, -0.2) is 48.6 Å². The van der Waals surface area contributed by atoms with Gasteiger partial charge in [-0.2, -0.15) is 0 Å². The maximum atomic E-state index is 13.2. The average molecular weight is 353 g/mol. The van der Waals surface area contributed by atoms with Crippen LogP contribution in [-0.2, 0) is 19.4 Å². The highest BCUT2D eigenvalue weighted by Crippen LogP contribution is 2.41. The molecule has 6 nitrogen and oxygen atoms in total. The number of carbonyl (C=O) groups excluding carboxylic acids is 1. The van der Waals surface area contributed by atoms with Gasteiger partial charge < -0.3 is 10.0 Å². The Morgan fingerprint density at radius 3 is 2.21 bits per heavy atom. The third kappa shape index (κ3) is 3.31. The summed E-state index contributed by atoms with van der Waals surface area (Å²) in [6.07, 6.45) is 1.69. The molecule has 0 spiro atoms. The summed E-state index contributed by atoms with van der Waals surface area (Å²) in [4.78, 5) is 25.0. The predicted molar refractivity (Wildman–Crippen MR) is 89.5 cm³/mol. The van der Waals surface area contributed by atoms with Gasteiger partial charge >= 0.3 is 5.97 Å². The van der Waals surface area contributed by atoms with Crippen molar-refractivity contribution in [3.63, 3.8) is 0 Å². The molecule has 132 valence electrons. The summed E-state index contributed by atoms with van der Waals surface area (Å²) in [5.74, 6) is -1.52. The molecule has 0 radical (unpaired) electrons. The second kappa shape index (κ2) is 6.93. The first-order valence-corrected chi connectivity index (χ1v) is 9.48. The van der Waals surface area contributed by atoms with Crippen LogP contribution in [0.1, 0.15) is 37.7 Å². The molecule has 24 heavy (non-hydrogen) atoms. The van der Waals surface area contributed by atoms with E-state index in [0.29, 0.717) is 12.8 Å². The smallest absolute Gasteiger partial charge is 0.305 e. The predicted octanol–water partition coefficient (Wildman–Crippen LogP) is 2.01. The van der Waals surface area contributed by atoms with Gasteiger partial charge in [-0.25, -0.2) is 8.42 Å². The topological polar surface area (TPSA) is 91.8 Å². The largest absolute Gasteiger partial charge is 0.481 e. The number of hydrogen-bond donors (Lipinski definition) is 1. The zero-order valence-electron chi connectivity index (χ0n) is 14.0. The Morgan fingerprint density at radius 2 is 1.71 bits per heavy atom. The molecule has 7 heteroatoms. The number of rotatable bonds is 6. The van der Waals surface area contributed by atoms with Gasteiger partial charge in [0.25, 0.3) is 0 Å². The van der Waals surface area contributed by atoms with Crippen LogP contribution < -0.4 is 0 Å². The van der Waals surface area contributed by atoms with Crippen molar-refractivity contribution < 1.29 is 23.1 Å². The van der Waals surface area contributed by atoms with E-state index in [1.54, 1.807) is 12.1 Å². The molecule has 1 N–H and O–H groups in total. The highest BCUT2D eigenvalue weighted by Gasteiger charge is 2.53. The highest BCUT2D eigenvalue weighted by atomic mass is 32.2. The van der Waals surface area contributed by atoms with E-state index in [1.807, 2.05) is 6.92 Å². The fourth-order valence-electron chi connectivity index (χ4n) is 3.20. The fraction of sp³-hybridized carbons (Fsp3) is 0.529. The SMILES string of the molecule is Cc1ccc(S(=O)(=O)C2(C(=O)N(C)CCC(=O)O)CCCC2)cc1. The molecule has 0 aromatic heterocycles. The van der Waals surface area contributed by atoms with Crippen LogP contribution in [0.3, 0.4) is 0 Å². The molecule has 1 fully saturated rings. The molecule has 1 aromatic carbocycles. The number of sulfone groups is 1. The van der Waals surface area contributed by atoms with E-state index >= 15 is 0 Å². The summed E-state index contributed by atoms with van der Waals surface area (Å²) >= 11 is 0. The molecule has 0 atom stereocenters. The quantitative estimate of drug-likeness (QED) is 0.845. The molecule has 2 rings (SSSR count). The van der Waals surface area contributed by atoms with E-state index in [9.17, 15) is 18.0 Å². The van der Waals surface area contributed by atoms with Crippen LogP contribution in [0.15, 0.2) is 29.2 Å². The minimum absolute atomic E-state index is 0.000660. The Bertz CT molecular complexity index is 718. The van der Waals surface area contributed by atoms with Gasteiger partial charge in [-0.15, -0.1) is 0 Å². The number of carbonyl (C=O) groups is 2. The van der Waals surface area contributed by atoms with E-state index in [0.717, 1.165) is 5.56 Å². The number of carboxylic acids is 1. The highest BCUT2D eigenvalue weighted by molar-refractivity contribution is 7.93. The van der Waals surface area contributed by atoms with Crippen molar-refractivity contribution in [1.29, 1.82) is 0 Å². The number of benzene rings is 1. The number of hydrogen-bond acceptors (Lipinski definition) is 4. The van der Waals surface area contributed by atoms with Gasteiger partial charge in [-0.3, -0.25) is 9.59 Å². The molecule has 1 saturated carbocycles. The summed E-state index contributed by atoms with van der Waals surface area (Å²) in [6, 6.07) is 6.51. The summed E-state index contributed by atoms with van der Waals surface area (Å²) < 4.78 is 24.9. The molecule has 1 aromatic rings. The van der Waals surface area contributed by atoms with Crippen molar-refractivity contribution >= 4 is 21.7 Å². The van der Waals surface area contributed by atoms with Gasteiger partial charge in [0, 0.05) is 13.6 Å². The second-order valence-corrected chi connectivity index (χ2v) is 8.65. The monoisotopic (exact) mass is 353 g/mol. The Kier molecular flexibility index (Phi) is 5.32. The maximum absolute atomic E-state index is 13.2. The molecule has 0 saturated heterocycles. The van der Waals surface area contributed by atoms with Crippen LogP contribution in [0.2, 0.25) is 0 Å². The lowest BCUT2D eigenvalue weighted by Gasteiger charge is -2.32. The van der Waals surface area contributed by atoms with E-state index < -0.39 is 26.5 Å². The maximum Gasteiger partial charge on any atom is 0.305 e. The van der Waals surface area contributed by atoms with Crippen molar-refractivity contribution in [2.24, 2.45) is 0 Å². The third-order valence-electron chi connectivity index (χ3n) is 4.65. The number of amides is 1. The number of aliphatic carboxylic acids is 1. The second-order valence-electron chi connectivity index (χ2n) is 6.39. The first-order valence-electron chi connectivity index (χ1n) is 7.99. The van der Waals surface area contributed by atoms with Crippen molar-refractivity contribution in [3.8, 4) is 0 Å². The molecule has 1 aliphatic rings. The lowest BCUT2D eigenvalue weighted by Crippen LogP contribution is -2.51. The molecule has 1 aliphatic carbocycles. The van der Waals surface area contributed by atoms with Gasteiger partial charge in [0.1, 0.15) is 0 Å². The Balaban J connectivity index is 2.38. The number of aryl methyl sites for hydroxylation is 1. The first kappa shape index (κ1) is 18.4. The van der Waals surface area contributed by atoms with Crippen LogP contribution in [0.5, 0.6) is 0 Å².